The van der Waals surface area contributed by atoms with E-state index in [9.17, 15) is 0 Å². The number of rotatable bonds is 9. The molecule has 1 fully saturated rings. The first-order valence-electron chi connectivity index (χ1n) is 9.68. The predicted molar refractivity (Wildman–Crippen MR) is 113 cm³/mol. The van der Waals surface area contributed by atoms with E-state index >= 15 is 0 Å². The molecule has 0 atom stereocenters. The molecule has 1 aromatic heterocycles. The summed E-state index contributed by atoms with van der Waals surface area (Å²) in [4.78, 5) is 9.11. The Morgan fingerprint density at radius 2 is 2.07 bits per heavy atom. The Labute approximate surface area is 166 Å². The van der Waals surface area contributed by atoms with Crippen LogP contribution in [0.5, 0.6) is 0 Å². The summed E-state index contributed by atoms with van der Waals surface area (Å²) < 4.78 is 5.27. The van der Waals surface area contributed by atoms with Crippen LogP contribution in [0.4, 0.5) is 0 Å². The predicted octanol–water partition coefficient (Wildman–Crippen LogP) is 3.72. The number of nitrogens with zero attached hydrogens (tertiary/aromatic N) is 2. The van der Waals surface area contributed by atoms with Crippen molar-refractivity contribution in [1.29, 1.82) is 0 Å². The maximum absolute atomic E-state index is 5.27. The first kappa shape index (κ1) is 19.8. The van der Waals surface area contributed by atoms with Crippen LogP contribution in [0, 0.1) is 5.41 Å². The Balaban J connectivity index is 1.43. The summed E-state index contributed by atoms with van der Waals surface area (Å²) >= 11 is 1.70. The van der Waals surface area contributed by atoms with E-state index in [-0.39, 0.29) is 0 Å². The van der Waals surface area contributed by atoms with Crippen molar-refractivity contribution in [3.8, 4) is 10.6 Å². The molecule has 5 nitrogen and oxygen atoms in total. The van der Waals surface area contributed by atoms with Crippen LogP contribution in [0.15, 0.2) is 40.7 Å². The maximum atomic E-state index is 5.27. The van der Waals surface area contributed by atoms with E-state index in [1.165, 1.54) is 24.8 Å². The van der Waals surface area contributed by atoms with Crippen LogP contribution in [0.1, 0.15) is 31.4 Å². The van der Waals surface area contributed by atoms with E-state index in [0.717, 1.165) is 49.2 Å². The average molecular weight is 387 g/mol. The number of nitrogens with one attached hydrogen (secondary N) is 2. The Bertz CT molecular complexity index is 725. The molecule has 3 rings (SSSR count). The number of aromatic nitrogens is 1. The summed E-state index contributed by atoms with van der Waals surface area (Å²) in [6, 6.07) is 10.3. The standard InChI is InChI=1S/C21H30N4OS/c1-22-20(24-16-21(10-6-11-21)12-14-26-2)23-13-9-18-15-27-19(25-18)17-7-4-3-5-8-17/h3-5,7-8,15H,6,9-14,16H2,1-2H3,(H2,22,23,24). The van der Waals surface area contributed by atoms with Gasteiger partial charge in [-0.15, -0.1) is 11.3 Å². The molecular formula is C21H30N4OS. The van der Waals surface area contributed by atoms with E-state index in [4.69, 9.17) is 9.72 Å². The summed E-state index contributed by atoms with van der Waals surface area (Å²) in [5.74, 6) is 0.872. The van der Waals surface area contributed by atoms with Crippen molar-refractivity contribution < 1.29 is 4.74 Å². The number of hydrogen-bond donors (Lipinski definition) is 2. The molecule has 27 heavy (non-hydrogen) atoms. The van der Waals surface area contributed by atoms with Gasteiger partial charge in [0.15, 0.2) is 5.96 Å². The smallest absolute Gasteiger partial charge is 0.191 e. The molecule has 1 aliphatic rings. The molecule has 0 bridgehead atoms. The number of hydrogen-bond acceptors (Lipinski definition) is 4. The highest BCUT2D eigenvalue weighted by Crippen LogP contribution is 2.43. The topological polar surface area (TPSA) is 58.5 Å². The number of methoxy groups -OCH3 is 1. The van der Waals surface area contributed by atoms with Crippen molar-refractivity contribution in [3.05, 3.63) is 41.4 Å². The van der Waals surface area contributed by atoms with E-state index in [1.54, 1.807) is 18.4 Å². The number of guanidine groups is 1. The first-order chi connectivity index (χ1) is 13.2. The third-order valence-electron chi connectivity index (χ3n) is 5.35. The third-order valence-corrected chi connectivity index (χ3v) is 6.29. The lowest BCUT2D eigenvalue weighted by atomic mass is 9.67. The summed E-state index contributed by atoms with van der Waals surface area (Å²) in [7, 11) is 3.61. The molecule has 1 aromatic carbocycles. The van der Waals surface area contributed by atoms with Crippen LogP contribution >= 0.6 is 11.3 Å². The molecule has 0 saturated heterocycles. The SMILES string of the molecule is CN=C(NCCc1csc(-c2ccccc2)n1)NCC1(CCOC)CCC1. The Kier molecular flexibility index (Phi) is 7.24. The lowest BCUT2D eigenvalue weighted by Gasteiger charge is -2.42. The number of ether oxygens (including phenoxy) is 1. The van der Waals surface area contributed by atoms with Gasteiger partial charge in [0, 0.05) is 51.2 Å². The second kappa shape index (κ2) is 9.85. The van der Waals surface area contributed by atoms with E-state index in [2.05, 4.69) is 45.3 Å². The molecule has 1 aliphatic carbocycles. The van der Waals surface area contributed by atoms with Gasteiger partial charge in [-0.25, -0.2) is 4.98 Å². The van der Waals surface area contributed by atoms with Crippen LogP contribution in [0.25, 0.3) is 10.6 Å². The van der Waals surface area contributed by atoms with Gasteiger partial charge in [-0.3, -0.25) is 4.99 Å². The highest BCUT2D eigenvalue weighted by Gasteiger charge is 2.36. The van der Waals surface area contributed by atoms with Gasteiger partial charge in [-0.1, -0.05) is 36.8 Å². The zero-order valence-electron chi connectivity index (χ0n) is 16.3. The molecule has 0 aliphatic heterocycles. The van der Waals surface area contributed by atoms with Crippen molar-refractivity contribution in [1.82, 2.24) is 15.6 Å². The summed E-state index contributed by atoms with van der Waals surface area (Å²) in [5, 5.41) is 10.1. The molecule has 6 heteroatoms. The molecule has 1 heterocycles. The highest BCUT2D eigenvalue weighted by atomic mass is 32.1. The quantitative estimate of drug-likeness (QED) is 0.509. The monoisotopic (exact) mass is 386 g/mol. The van der Waals surface area contributed by atoms with Gasteiger partial charge in [-0.05, 0) is 24.7 Å². The van der Waals surface area contributed by atoms with Gasteiger partial charge >= 0.3 is 0 Å². The minimum Gasteiger partial charge on any atom is -0.385 e. The largest absolute Gasteiger partial charge is 0.385 e. The number of aliphatic imine (C=N–C) groups is 1. The van der Waals surface area contributed by atoms with E-state index < -0.39 is 0 Å². The van der Waals surface area contributed by atoms with Gasteiger partial charge in [-0.2, -0.15) is 0 Å². The fourth-order valence-electron chi connectivity index (χ4n) is 3.45. The van der Waals surface area contributed by atoms with Crippen molar-refractivity contribution in [2.45, 2.75) is 32.1 Å². The lowest BCUT2D eigenvalue weighted by Crippen LogP contribution is -2.47. The minimum atomic E-state index is 0.382. The Hall–Kier alpha value is -1.92. The van der Waals surface area contributed by atoms with Gasteiger partial charge in [0.1, 0.15) is 5.01 Å². The molecule has 1 saturated carbocycles. The van der Waals surface area contributed by atoms with Gasteiger partial charge in [0.2, 0.25) is 0 Å². The zero-order valence-corrected chi connectivity index (χ0v) is 17.1. The summed E-state index contributed by atoms with van der Waals surface area (Å²) in [6.45, 7) is 2.62. The van der Waals surface area contributed by atoms with Crippen LogP contribution < -0.4 is 10.6 Å². The molecule has 0 spiro atoms. The number of benzene rings is 1. The summed E-state index contributed by atoms with van der Waals surface area (Å²) in [6.07, 6.45) is 5.89. The Morgan fingerprint density at radius 3 is 2.74 bits per heavy atom. The third kappa shape index (κ3) is 5.53. The van der Waals surface area contributed by atoms with Crippen LogP contribution in [0.2, 0.25) is 0 Å². The van der Waals surface area contributed by atoms with Crippen molar-refractivity contribution in [3.63, 3.8) is 0 Å². The van der Waals surface area contributed by atoms with Gasteiger partial charge in [0.05, 0.1) is 5.69 Å². The van der Waals surface area contributed by atoms with E-state index in [0.29, 0.717) is 5.41 Å². The second-order valence-corrected chi connectivity index (χ2v) is 8.07. The number of thiazole rings is 1. The van der Waals surface area contributed by atoms with Gasteiger partial charge in [0.25, 0.3) is 0 Å². The van der Waals surface area contributed by atoms with E-state index in [1.807, 2.05) is 13.1 Å². The fraction of sp³-hybridized carbons (Fsp3) is 0.524. The molecule has 0 radical (unpaired) electrons. The van der Waals surface area contributed by atoms with Gasteiger partial charge < -0.3 is 15.4 Å². The van der Waals surface area contributed by atoms with Crippen LogP contribution in [-0.2, 0) is 11.2 Å². The Morgan fingerprint density at radius 1 is 1.26 bits per heavy atom. The lowest BCUT2D eigenvalue weighted by molar-refractivity contribution is 0.0732. The molecule has 2 N–H and O–H groups in total. The maximum Gasteiger partial charge on any atom is 0.191 e. The second-order valence-electron chi connectivity index (χ2n) is 7.21. The van der Waals surface area contributed by atoms with Crippen molar-refractivity contribution in [2.75, 3.05) is 33.9 Å². The normalized spacial score (nSPS) is 16.0. The molecular weight excluding hydrogens is 356 g/mol. The first-order valence-corrected chi connectivity index (χ1v) is 10.6. The molecule has 0 amide bonds. The highest BCUT2D eigenvalue weighted by molar-refractivity contribution is 7.13. The van der Waals surface area contributed by atoms with Crippen LogP contribution in [-0.4, -0.2) is 44.8 Å². The summed E-state index contributed by atoms with van der Waals surface area (Å²) in [5.41, 5.74) is 2.69. The van der Waals surface area contributed by atoms with Crippen molar-refractivity contribution in [2.24, 2.45) is 10.4 Å². The molecule has 0 unspecified atom stereocenters. The molecule has 2 aromatic rings. The molecule has 146 valence electrons. The fourth-order valence-corrected chi connectivity index (χ4v) is 4.31. The van der Waals surface area contributed by atoms with Crippen molar-refractivity contribution >= 4 is 17.3 Å². The van der Waals surface area contributed by atoms with Crippen LogP contribution in [0.3, 0.4) is 0 Å². The zero-order chi connectivity index (χ0) is 19.0. The minimum absolute atomic E-state index is 0.382. The average Bonchev–Trinajstić information content (AvgIpc) is 3.15.